The van der Waals surface area contributed by atoms with Gasteiger partial charge in [-0.1, -0.05) is 265 Å². The summed E-state index contributed by atoms with van der Waals surface area (Å²) in [7, 11) is 0. The number of hydrogen-bond donors (Lipinski definition) is 0. The number of unbranched alkanes of at least 4 members (excludes halogenated alkanes) is 35. The Morgan fingerprint density at radius 2 is 0.583 bits per heavy atom. The summed E-state index contributed by atoms with van der Waals surface area (Å²) in [5.74, 6) is 0.0640. The molecule has 0 aliphatic carbocycles. The third-order valence-corrected chi connectivity index (χ3v) is 12.7. The molecule has 0 amide bonds. The van der Waals surface area contributed by atoms with Crippen molar-refractivity contribution in [1.82, 2.24) is 0 Å². The van der Waals surface area contributed by atoms with Crippen molar-refractivity contribution >= 4 is 17.9 Å². The van der Waals surface area contributed by atoms with Crippen molar-refractivity contribution in [3.8, 4) is 0 Å². The SMILES string of the molecule is CCCCCCCCCCCCC(=O)OC[C@H](COC(=O)CCCCCCCCCCCCCCCCCCCCC(C)CC)OC(=O)CCCCCCCCCCCC. The van der Waals surface area contributed by atoms with Gasteiger partial charge in [-0.15, -0.1) is 0 Å². The lowest BCUT2D eigenvalue weighted by Gasteiger charge is -2.18. The highest BCUT2D eigenvalue weighted by Gasteiger charge is 2.19. The molecule has 0 N–H and O–H groups in total. The topological polar surface area (TPSA) is 78.9 Å². The highest BCUT2D eigenvalue weighted by atomic mass is 16.6. The van der Waals surface area contributed by atoms with Crippen molar-refractivity contribution in [3.63, 3.8) is 0 Å². The molecule has 0 bridgehead atoms. The standard InChI is InChI=1S/C54H104O6/c1-5-8-10-12-14-16-29-33-37-41-45-52(55)58-48-51(60-54(57)47-43-39-35-30-17-15-13-11-9-6-2)49-59-53(56)46-42-38-34-31-27-25-23-21-19-18-20-22-24-26-28-32-36-40-44-50(4)7-3/h50-51H,5-49H2,1-4H3/t50?,51-/m1/s1. The van der Waals surface area contributed by atoms with Crippen LogP contribution >= 0.6 is 0 Å². The van der Waals surface area contributed by atoms with E-state index in [1.54, 1.807) is 0 Å². The van der Waals surface area contributed by atoms with E-state index in [1.165, 1.54) is 199 Å². The monoisotopic (exact) mass is 849 g/mol. The summed E-state index contributed by atoms with van der Waals surface area (Å²) in [4.78, 5) is 37.8. The maximum atomic E-state index is 12.7. The van der Waals surface area contributed by atoms with E-state index in [0.29, 0.717) is 19.3 Å². The summed E-state index contributed by atoms with van der Waals surface area (Å²) < 4.78 is 16.8. The molecular formula is C54H104O6. The zero-order valence-electron chi connectivity index (χ0n) is 40.9. The minimum Gasteiger partial charge on any atom is -0.462 e. The van der Waals surface area contributed by atoms with Gasteiger partial charge in [-0.05, 0) is 25.2 Å². The molecule has 0 radical (unpaired) electrons. The number of hydrogen-bond acceptors (Lipinski definition) is 6. The second kappa shape index (κ2) is 48.4. The van der Waals surface area contributed by atoms with Gasteiger partial charge in [0.1, 0.15) is 13.2 Å². The van der Waals surface area contributed by atoms with E-state index in [4.69, 9.17) is 14.2 Å². The average molecular weight is 849 g/mol. The van der Waals surface area contributed by atoms with Gasteiger partial charge in [0.05, 0.1) is 0 Å². The highest BCUT2D eigenvalue weighted by Crippen LogP contribution is 2.18. The first-order chi connectivity index (χ1) is 29.4. The number of carbonyl (C=O) groups is 3. The van der Waals surface area contributed by atoms with Gasteiger partial charge in [0.25, 0.3) is 0 Å². The molecule has 0 aliphatic rings. The van der Waals surface area contributed by atoms with Gasteiger partial charge in [-0.3, -0.25) is 14.4 Å². The molecule has 60 heavy (non-hydrogen) atoms. The summed E-state index contributed by atoms with van der Waals surface area (Å²) in [5.41, 5.74) is 0. The van der Waals surface area contributed by atoms with Crippen molar-refractivity contribution in [2.45, 2.75) is 310 Å². The van der Waals surface area contributed by atoms with Crippen molar-refractivity contribution in [1.29, 1.82) is 0 Å². The smallest absolute Gasteiger partial charge is 0.306 e. The maximum Gasteiger partial charge on any atom is 0.306 e. The molecule has 1 unspecified atom stereocenters. The van der Waals surface area contributed by atoms with Gasteiger partial charge in [0.2, 0.25) is 0 Å². The Bertz CT molecular complexity index is 905. The van der Waals surface area contributed by atoms with Crippen LogP contribution < -0.4 is 0 Å². The first-order valence-electron chi connectivity index (χ1n) is 26.9. The van der Waals surface area contributed by atoms with Gasteiger partial charge in [0, 0.05) is 19.3 Å². The Labute approximate surface area is 374 Å². The van der Waals surface area contributed by atoms with E-state index >= 15 is 0 Å². The zero-order chi connectivity index (χ0) is 43.8. The first-order valence-corrected chi connectivity index (χ1v) is 26.9. The zero-order valence-corrected chi connectivity index (χ0v) is 40.9. The predicted molar refractivity (Wildman–Crippen MR) is 257 cm³/mol. The van der Waals surface area contributed by atoms with E-state index in [-0.39, 0.29) is 31.1 Å². The molecule has 356 valence electrons. The van der Waals surface area contributed by atoms with E-state index in [1.807, 2.05) is 0 Å². The summed E-state index contributed by atoms with van der Waals surface area (Å²) in [5, 5.41) is 0. The van der Waals surface area contributed by atoms with Crippen LogP contribution in [0.3, 0.4) is 0 Å². The van der Waals surface area contributed by atoms with Crippen molar-refractivity contribution < 1.29 is 28.6 Å². The summed E-state index contributed by atoms with van der Waals surface area (Å²) >= 11 is 0. The molecule has 0 aromatic carbocycles. The molecule has 0 rings (SSSR count). The third kappa shape index (κ3) is 45.9. The normalized spacial score (nSPS) is 12.4. The molecule has 0 fully saturated rings. The lowest BCUT2D eigenvalue weighted by molar-refractivity contribution is -0.167. The Morgan fingerprint density at radius 3 is 0.867 bits per heavy atom. The fourth-order valence-corrected chi connectivity index (χ4v) is 8.19. The molecule has 6 heteroatoms. The van der Waals surface area contributed by atoms with Crippen LogP contribution in [0, 0.1) is 5.92 Å². The molecule has 0 spiro atoms. The number of esters is 3. The summed E-state index contributed by atoms with van der Waals surface area (Å²) in [6, 6.07) is 0. The molecule has 0 aliphatic heterocycles. The van der Waals surface area contributed by atoms with Crippen LogP contribution in [0.2, 0.25) is 0 Å². The minimum atomic E-state index is -0.759. The number of carbonyl (C=O) groups excluding carboxylic acids is 3. The van der Waals surface area contributed by atoms with Gasteiger partial charge in [-0.25, -0.2) is 0 Å². The molecule has 0 aromatic rings. The number of rotatable bonds is 49. The van der Waals surface area contributed by atoms with Crippen LogP contribution in [0.1, 0.15) is 304 Å². The van der Waals surface area contributed by atoms with Gasteiger partial charge in [-0.2, -0.15) is 0 Å². The largest absolute Gasteiger partial charge is 0.462 e. The van der Waals surface area contributed by atoms with Crippen molar-refractivity contribution in [2.24, 2.45) is 5.92 Å². The van der Waals surface area contributed by atoms with Crippen molar-refractivity contribution in [3.05, 3.63) is 0 Å². The average Bonchev–Trinajstić information content (AvgIpc) is 3.25. The molecule has 6 nitrogen and oxygen atoms in total. The Kier molecular flexibility index (Phi) is 47.2. The van der Waals surface area contributed by atoms with E-state index < -0.39 is 6.10 Å². The third-order valence-electron chi connectivity index (χ3n) is 12.7. The van der Waals surface area contributed by atoms with Crippen LogP contribution in [0.25, 0.3) is 0 Å². The first kappa shape index (κ1) is 58.4. The van der Waals surface area contributed by atoms with E-state index in [9.17, 15) is 14.4 Å². The fourth-order valence-electron chi connectivity index (χ4n) is 8.19. The summed E-state index contributed by atoms with van der Waals surface area (Å²) in [6.45, 7) is 9.06. The van der Waals surface area contributed by atoms with Crippen LogP contribution in [0.15, 0.2) is 0 Å². The van der Waals surface area contributed by atoms with Gasteiger partial charge < -0.3 is 14.2 Å². The van der Waals surface area contributed by atoms with Crippen LogP contribution in [-0.2, 0) is 28.6 Å². The maximum absolute atomic E-state index is 12.7. The van der Waals surface area contributed by atoms with Crippen LogP contribution in [0.5, 0.6) is 0 Å². The lowest BCUT2D eigenvalue weighted by Crippen LogP contribution is -2.30. The Hall–Kier alpha value is -1.59. The molecule has 0 saturated heterocycles. The van der Waals surface area contributed by atoms with Crippen LogP contribution in [-0.4, -0.2) is 37.2 Å². The quantitative estimate of drug-likeness (QED) is 0.0345. The fraction of sp³-hybridized carbons (Fsp3) is 0.944. The van der Waals surface area contributed by atoms with Gasteiger partial charge in [0.15, 0.2) is 6.10 Å². The summed E-state index contributed by atoms with van der Waals surface area (Å²) in [6.07, 6.45) is 50.9. The van der Waals surface area contributed by atoms with Crippen molar-refractivity contribution in [2.75, 3.05) is 13.2 Å². The molecule has 0 saturated carbocycles. The molecular weight excluding hydrogens is 745 g/mol. The second-order valence-electron chi connectivity index (χ2n) is 18.8. The molecule has 2 atom stereocenters. The Morgan fingerprint density at radius 1 is 0.333 bits per heavy atom. The molecule has 0 heterocycles. The van der Waals surface area contributed by atoms with Gasteiger partial charge >= 0.3 is 17.9 Å². The lowest BCUT2D eigenvalue weighted by atomic mass is 9.99. The highest BCUT2D eigenvalue weighted by molar-refractivity contribution is 5.71. The van der Waals surface area contributed by atoms with E-state index in [2.05, 4.69) is 27.7 Å². The predicted octanol–water partition coefficient (Wildman–Crippen LogP) is 17.5. The second-order valence-corrected chi connectivity index (χ2v) is 18.8. The molecule has 0 aromatic heterocycles. The minimum absolute atomic E-state index is 0.0626. The number of ether oxygens (including phenoxy) is 3. The van der Waals surface area contributed by atoms with E-state index in [0.717, 1.165) is 63.7 Å². The Balaban J connectivity index is 4.14. The van der Waals surface area contributed by atoms with Crippen LogP contribution in [0.4, 0.5) is 0 Å².